The van der Waals surface area contributed by atoms with Gasteiger partial charge in [-0.1, -0.05) is 12.8 Å². The fraction of sp³-hybridized carbons (Fsp3) is 0.769. The molecule has 1 unspecified atom stereocenters. The van der Waals surface area contributed by atoms with Crippen LogP contribution in [0.5, 0.6) is 0 Å². The van der Waals surface area contributed by atoms with Gasteiger partial charge in [-0.05, 0) is 25.9 Å². The van der Waals surface area contributed by atoms with E-state index in [1.807, 2.05) is 6.33 Å². The lowest BCUT2D eigenvalue weighted by molar-refractivity contribution is 0.243. The van der Waals surface area contributed by atoms with Crippen LogP contribution in [0.4, 0.5) is 0 Å². The molecule has 2 aliphatic heterocycles. The summed E-state index contributed by atoms with van der Waals surface area (Å²) in [6.45, 7) is 4.71. The molecule has 0 spiro atoms. The zero-order chi connectivity index (χ0) is 11.5. The highest BCUT2D eigenvalue weighted by Crippen LogP contribution is 2.15. The van der Waals surface area contributed by atoms with Crippen molar-refractivity contribution < 1.29 is 0 Å². The van der Waals surface area contributed by atoms with Gasteiger partial charge < -0.3 is 15.2 Å². The molecule has 0 radical (unpaired) electrons. The van der Waals surface area contributed by atoms with E-state index in [-0.39, 0.29) is 0 Å². The normalized spacial score (nSPS) is 26.5. The molecule has 2 aliphatic rings. The highest BCUT2D eigenvalue weighted by molar-refractivity contribution is 5.15. The number of rotatable bonds is 2. The van der Waals surface area contributed by atoms with Crippen LogP contribution >= 0.6 is 0 Å². The van der Waals surface area contributed by atoms with Crippen LogP contribution in [0.3, 0.4) is 0 Å². The summed E-state index contributed by atoms with van der Waals surface area (Å²) in [5, 5.41) is 3.62. The maximum Gasteiger partial charge on any atom is 0.0925 e. The SMILES string of the molecule is c1nc2c([nH]1)CNC(CN1CCCCCC1)C2. The molecule has 0 saturated carbocycles. The Labute approximate surface area is 103 Å². The van der Waals surface area contributed by atoms with E-state index in [2.05, 4.69) is 20.2 Å². The average Bonchev–Trinajstić information content (AvgIpc) is 2.65. The second-order valence-corrected chi connectivity index (χ2v) is 5.32. The van der Waals surface area contributed by atoms with E-state index in [4.69, 9.17) is 0 Å². The minimum atomic E-state index is 0.587. The summed E-state index contributed by atoms with van der Waals surface area (Å²) in [5.41, 5.74) is 2.54. The summed E-state index contributed by atoms with van der Waals surface area (Å²) >= 11 is 0. The minimum Gasteiger partial charge on any atom is -0.347 e. The van der Waals surface area contributed by atoms with Crippen LogP contribution in [0.15, 0.2) is 6.33 Å². The Morgan fingerprint density at radius 2 is 2.06 bits per heavy atom. The molecule has 3 rings (SSSR count). The lowest BCUT2D eigenvalue weighted by atomic mass is 10.0. The van der Waals surface area contributed by atoms with Gasteiger partial charge in [-0.3, -0.25) is 0 Å². The number of hydrogen-bond acceptors (Lipinski definition) is 3. The van der Waals surface area contributed by atoms with Crippen LogP contribution in [0.2, 0.25) is 0 Å². The molecule has 94 valence electrons. The smallest absolute Gasteiger partial charge is 0.0925 e. The molecule has 0 aliphatic carbocycles. The van der Waals surface area contributed by atoms with Gasteiger partial charge in [0.15, 0.2) is 0 Å². The number of fused-ring (bicyclic) bond motifs is 1. The number of nitrogens with one attached hydrogen (secondary N) is 2. The number of H-pyrrole nitrogens is 1. The molecule has 1 saturated heterocycles. The molecule has 1 fully saturated rings. The van der Waals surface area contributed by atoms with Gasteiger partial charge in [0.1, 0.15) is 0 Å². The van der Waals surface area contributed by atoms with E-state index in [0.717, 1.165) is 13.0 Å². The predicted molar refractivity (Wildman–Crippen MR) is 67.8 cm³/mol. The third-order valence-corrected chi connectivity index (χ3v) is 3.99. The first-order chi connectivity index (χ1) is 8.42. The zero-order valence-electron chi connectivity index (χ0n) is 10.4. The maximum absolute atomic E-state index is 4.40. The first kappa shape index (κ1) is 11.2. The molecular formula is C13H22N4. The molecular weight excluding hydrogens is 212 g/mol. The lowest BCUT2D eigenvalue weighted by Crippen LogP contribution is -2.45. The molecule has 0 bridgehead atoms. The first-order valence-corrected chi connectivity index (χ1v) is 6.88. The van der Waals surface area contributed by atoms with Crippen molar-refractivity contribution in [1.82, 2.24) is 20.2 Å². The van der Waals surface area contributed by atoms with Crippen LogP contribution in [0.1, 0.15) is 37.1 Å². The maximum atomic E-state index is 4.40. The molecule has 4 heteroatoms. The number of likely N-dealkylation sites (tertiary alicyclic amines) is 1. The number of hydrogen-bond donors (Lipinski definition) is 2. The van der Waals surface area contributed by atoms with Crippen molar-refractivity contribution in [3.05, 3.63) is 17.7 Å². The minimum absolute atomic E-state index is 0.587. The van der Waals surface area contributed by atoms with E-state index in [9.17, 15) is 0 Å². The van der Waals surface area contributed by atoms with Crippen molar-refractivity contribution >= 4 is 0 Å². The van der Waals surface area contributed by atoms with Gasteiger partial charge in [-0.2, -0.15) is 0 Å². The Morgan fingerprint density at radius 1 is 1.24 bits per heavy atom. The predicted octanol–water partition coefficient (Wildman–Crippen LogP) is 1.30. The van der Waals surface area contributed by atoms with Gasteiger partial charge in [0.05, 0.1) is 17.7 Å². The summed E-state index contributed by atoms with van der Waals surface area (Å²) in [4.78, 5) is 10.2. The topological polar surface area (TPSA) is 44.0 Å². The summed E-state index contributed by atoms with van der Waals surface area (Å²) < 4.78 is 0. The Kier molecular flexibility index (Phi) is 3.43. The monoisotopic (exact) mass is 234 g/mol. The summed E-state index contributed by atoms with van der Waals surface area (Å²) in [5.74, 6) is 0. The van der Waals surface area contributed by atoms with Crippen LogP contribution in [0.25, 0.3) is 0 Å². The highest BCUT2D eigenvalue weighted by atomic mass is 15.2. The molecule has 0 aromatic carbocycles. The van der Waals surface area contributed by atoms with Crippen LogP contribution in [0, 0.1) is 0 Å². The van der Waals surface area contributed by atoms with Gasteiger partial charge in [0, 0.05) is 25.6 Å². The summed E-state index contributed by atoms with van der Waals surface area (Å²) in [7, 11) is 0. The quantitative estimate of drug-likeness (QED) is 0.810. The average molecular weight is 234 g/mol. The van der Waals surface area contributed by atoms with Crippen molar-refractivity contribution in [1.29, 1.82) is 0 Å². The van der Waals surface area contributed by atoms with Gasteiger partial charge in [0.2, 0.25) is 0 Å². The summed E-state index contributed by atoms with van der Waals surface area (Å²) in [6, 6.07) is 0.587. The largest absolute Gasteiger partial charge is 0.347 e. The molecule has 3 heterocycles. The summed E-state index contributed by atoms with van der Waals surface area (Å²) in [6.07, 6.45) is 8.48. The van der Waals surface area contributed by atoms with Crippen molar-refractivity contribution in [2.45, 2.75) is 44.7 Å². The Balaban J connectivity index is 1.56. The molecule has 0 amide bonds. The van der Waals surface area contributed by atoms with E-state index >= 15 is 0 Å². The van der Waals surface area contributed by atoms with E-state index in [1.54, 1.807) is 0 Å². The second-order valence-electron chi connectivity index (χ2n) is 5.32. The van der Waals surface area contributed by atoms with Gasteiger partial charge in [-0.25, -0.2) is 4.98 Å². The molecule has 1 aromatic heterocycles. The third kappa shape index (κ3) is 2.69. The standard InChI is InChI=1S/C13H22N4/c1-2-4-6-17(5-3-1)9-11-7-12-13(8-14-11)16-10-15-12/h10-11,14H,1-9H2,(H,15,16). The van der Waals surface area contributed by atoms with Crippen molar-refractivity contribution in [3.63, 3.8) is 0 Å². The van der Waals surface area contributed by atoms with Gasteiger partial charge >= 0.3 is 0 Å². The molecule has 1 atom stereocenters. The van der Waals surface area contributed by atoms with E-state index in [1.165, 1.54) is 56.7 Å². The molecule has 4 nitrogen and oxygen atoms in total. The lowest BCUT2D eigenvalue weighted by Gasteiger charge is -2.29. The number of nitrogens with zero attached hydrogens (tertiary/aromatic N) is 2. The number of aromatic nitrogens is 2. The molecule has 2 N–H and O–H groups in total. The van der Waals surface area contributed by atoms with Crippen molar-refractivity contribution in [3.8, 4) is 0 Å². The Bertz CT molecular complexity index is 352. The highest BCUT2D eigenvalue weighted by Gasteiger charge is 2.22. The number of imidazole rings is 1. The molecule has 17 heavy (non-hydrogen) atoms. The van der Waals surface area contributed by atoms with E-state index in [0.29, 0.717) is 6.04 Å². The number of aromatic amines is 1. The van der Waals surface area contributed by atoms with Crippen molar-refractivity contribution in [2.75, 3.05) is 19.6 Å². The van der Waals surface area contributed by atoms with Crippen molar-refractivity contribution in [2.24, 2.45) is 0 Å². The fourth-order valence-electron chi connectivity index (χ4n) is 2.99. The fourth-order valence-corrected chi connectivity index (χ4v) is 2.99. The Hall–Kier alpha value is -0.870. The first-order valence-electron chi connectivity index (χ1n) is 6.88. The van der Waals surface area contributed by atoms with Crippen LogP contribution < -0.4 is 5.32 Å². The van der Waals surface area contributed by atoms with Gasteiger partial charge in [-0.15, -0.1) is 0 Å². The van der Waals surface area contributed by atoms with Crippen LogP contribution in [-0.4, -0.2) is 40.5 Å². The van der Waals surface area contributed by atoms with Gasteiger partial charge in [0.25, 0.3) is 0 Å². The van der Waals surface area contributed by atoms with Crippen LogP contribution in [-0.2, 0) is 13.0 Å². The zero-order valence-corrected chi connectivity index (χ0v) is 10.4. The van der Waals surface area contributed by atoms with E-state index < -0.39 is 0 Å². The Morgan fingerprint density at radius 3 is 2.88 bits per heavy atom. The second kappa shape index (κ2) is 5.19. The molecule has 1 aromatic rings. The third-order valence-electron chi connectivity index (χ3n) is 3.99.